The number of hydrogen-bond acceptors (Lipinski definition) is 7. The first kappa shape index (κ1) is 29.2. The van der Waals surface area contributed by atoms with Crippen LogP contribution in [0, 0.1) is 6.92 Å². The molecule has 4 rings (SSSR count). The monoisotopic (exact) mass is 549 g/mol. The Morgan fingerprint density at radius 1 is 0.925 bits per heavy atom. The smallest absolute Gasteiger partial charge is 0.258 e. The van der Waals surface area contributed by atoms with Gasteiger partial charge >= 0.3 is 0 Å². The zero-order chi connectivity index (χ0) is 28.3. The highest BCUT2D eigenvalue weighted by molar-refractivity contribution is 5.99. The highest BCUT2D eigenvalue weighted by Gasteiger charge is 2.26. The molecule has 0 aliphatic carbocycles. The Balaban J connectivity index is 1.55. The normalized spacial score (nSPS) is 13.6. The third-order valence-electron chi connectivity index (χ3n) is 6.97. The minimum absolute atomic E-state index is 0.0658. The molecule has 0 atom stereocenters. The van der Waals surface area contributed by atoms with Crippen molar-refractivity contribution in [3.8, 4) is 11.5 Å². The summed E-state index contributed by atoms with van der Waals surface area (Å²) in [6, 6.07) is 18.7. The van der Waals surface area contributed by atoms with Gasteiger partial charge in [0.05, 0.1) is 39.5 Å². The van der Waals surface area contributed by atoms with E-state index < -0.39 is 0 Å². The van der Waals surface area contributed by atoms with Gasteiger partial charge in [-0.3, -0.25) is 14.5 Å². The highest BCUT2D eigenvalue weighted by Crippen LogP contribution is 2.26. The first-order valence-electron chi connectivity index (χ1n) is 13.6. The predicted molar refractivity (Wildman–Crippen MR) is 151 cm³/mol. The van der Waals surface area contributed by atoms with E-state index >= 15 is 0 Å². The summed E-state index contributed by atoms with van der Waals surface area (Å²) in [6.45, 7) is 6.93. The Kier molecular flexibility index (Phi) is 10.6. The lowest BCUT2D eigenvalue weighted by molar-refractivity contribution is -0.133. The second kappa shape index (κ2) is 14.5. The van der Waals surface area contributed by atoms with Crippen LogP contribution in [0.15, 0.2) is 65.1 Å². The summed E-state index contributed by atoms with van der Waals surface area (Å²) in [5.74, 6) is 2.05. The van der Waals surface area contributed by atoms with E-state index in [9.17, 15) is 9.59 Å². The number of methoxy groups -OCH3 is 2. The molecular formula is C31H39N3O6. The van der Waals surface area contributed by atoms with E-state index in [4.69, 9.17) is 18.6 Å². The standard InChI is InChI=1S/C31H39N3O6/c1-24-10-11-27(40-24)22-34(21-25-8-5-4-6-9-25)30(35)23-33(15-7-14-32-16-18-39-19-17-32)31(36)28-13-12-26(37-2)20-29(28)38-3/h4-6,8-13,20H,7,14-19,21-23H2,1-3H3. The number of amides is 2. The number of carbonyl (C=O) groups excluding carboxylic acids is 2. The third kappa shape index (κ3) is 8.09. The molecule has 0 radical (unpaired) electrons. The maximum Gasteiger partial charge on any atom is 0.258 e. The molecule has 0 saturated carbocycles. The first-order chi connectivity index (χ1) is 19.5. The summed E-state index contributed by atoms with van der Waals surface area (Å²) in [5.41, 5.74) is 1.39. The van der Waals surface area contributed by atoms with Gasteiger partial charge in [-0.1, -0.05) is 30.3 Å². The number of ether oxygens (including phenoxy) is 3. The van der Waals surface area contributed by atoms with Crippen molar-refractivity contribution in [3.63, 3.8) is 0 Å². The van der Waals surface area contributed by atoms with Gasteiger partial charge < -0.3 is 28.4 Å². The molecule has 1 fully saturated rings. The molecular weight excluding hydrogens is 510 g/mol. The molecule has 9 nitrogen and oxygen atoms in total. The van der Waals surface area contributed by atoms with Crippen molar-refractivity contribution >= 4 is 11.8 Å². The fraction of sp³-hybridized carbons (Fsp3) is 0.419. The van der Waals surface area contributed by atoms with Crippen molar-refractivity contribution in [2.24, 2.45) is 0 Å². The summed E-state index contributed by atoms with van der Waals surface area (Å²) >= 11 is 0. The van der Waals surface area contributed by atoms with Gasteiger partial charge in [-0.15, -0.1) is 0 Å². The van der Waals surface area contributed by atoms with Gasteiger partial charge in [0.2, 0.25) is 5.91 Å². The van der Waals surface area contributed by atoms with Crippen LogP contribution < -0.4 is 9.47 Å². The number of nitrogens with zero attached hydrogens (tertiary/aromatic N) is 3. The van der Waals surface area contributed by atoms with E-state index in [-0.39, 0.29) is 18.4 Å². The van der Waals surface area contributed by atoms with Gasteiger partial charge in [0.25, 0.3) is 5.91 Å². The second-order valence-electron chi connectivity index (χ2n) is 9.85. The van der Waals surface area contributed by atoms with Crippen LogP contribution in [0.5, 0.6) is 11.5 Å². The van der Waals surface area contributed by atoms with E-state index in [0.717, 1.165) is 37.4 Å². The van der Waals surface area contributed by atoms with Gasteiger partial charge in [-0.2, -0.15) is 0 Å². The predicted octanol–water partition coefficient (Wildman–Crippen LogP) is 4.00. The molecule has 2 aromatic carbocycles. The van der Waals surface area contributed by atoms with Crippen molar-refractivity contribution in [3.05, 3.63) is 83.3 Å². The average Bonchev–Trinajstić information content (AvgIpc) is 3.40. The maximum absolute atomic E-state index is 13.9. The Morgan fingerprint density at radius 3 is 2.38 bits per heavy atom. The number of rotatable bonds is 13. The highest BCUT2D eigenvalue weighted by atomic mass is 16.5. The SMILES string of the molecule is COc1ccc(C(=O)N(CCCN2CCOCC2)CC(=O)N(Cc2ccccc2)Cc2ccc(C)o2)c(OC)c1. The molecule has 0 bridgehead atoms. The van der Waals surface area contributed by atoms with Crippen LogP contribution in [-0.4, -0.2) is 86.7 Å². The molecule has 214 valence electrons. The van der Waals surface area contributed by atoms with E-state index in [1.165, 1.54) is 7.11 Å². The lowest BCUT2D eigenvalue weighted by Crippen LogP contribution is -2.44. The Hall–Kier alpha value is -3.82. The molecule has 2 heterocycles. The summed E-state index contributed by atoms with van der Waals surface area (Å²) in [4.78, 5) is 33.4. The minimum atomic E-state index is -0.261. The van der Waals surface area contributed by atoms with Gasteiger partial charge in [-0.05, 0) is 43.2 Å². The van der Waals surface area contributed by atoms with Crippen LogP contribution >= 0.6 is 0 Å². The zero-order valence-corrected chi connectivity index (χ0v) is 23.6. The van der Waals surface area contributed by atoms with Crippen molar-refractivity contribution < 1.29 is 28.2 Å². The fourth-order valence-electron chi connectivity index (χ4n) is 4.77. The van der Waals surface area contributed by atoms with Crippen LogP contribution in [0.4, 0.5) is 0 Å². The van der Waals surface area contributed by atoms with Crippen LogP contribution in [0.3, 0.4) is 0 Å². The van der Waals surface area contributed by atoms with E-state index in [2.05, 4.69) is 4.90 Å². The Labute approximate surface area is 236 Å². The van der Waals surface area contributed by atoms with E-state index in [1.807, 2.05) is 49.4 Å². The number of benzene rings is 2. The molecule has 1 aromatic heterocycles. The Bertz CT molecular complexity index is 1240. The van der Waals surface area contributed by atoms with Gasteiger partial charge in [-0.25, -0.2) is 0 Å². The van der Waals surface area contributed by atoms with Crippen molar-refractivity contribution in [2.45, 2.75) is 26.4 Å². The third-order valence-corrected chi connectivity index (χ3v) is 6.97. The Morgan fingerprint density at radius 2 is 1.70 bits per heavy atom. The topological polar surface area (TPSA) is 84.7 Å². The summed E-state index contributed by atoms with van der Waals surface area (Å²) in [6.07, 6.45) is 0.730. The lowest BCUT2D eigenvalue weighted by atomic mass is 10.1. The quantitative estimate of drug-likeness (QED) is 0.319. The molecule has 0 spiro atoms. The second-order valence-corrected chi connectivity index (χ2v) is 9.85. The van der Waals surface area contributed by atoms with Crippen LogP contribution in [0.1, 0.15) is 33.9 Å². The molecule has 1 saturated heterocycles. The molecule has 0 N–H and O–H groups in total. The van der Waals surface area contributed by atoms with E-state index in [1.54, 1.807) is 35.1 Å². The molecule has 0 unspecified atom stereocenters. The number of hydrogen-bond donors (Lipinski definition) is 0. The summed E-state index contributed by atoms with van der Waals surface area (Å²) in [5, 5.41) is 0. The van der Waals surface area contributed by atoms with Crippen molar-refractivity contribution in [2.75, 3.05) is 60.2 Å². The average molecular weight is 550 g/mol. The number of furan rings is 1. The van der Waals surface area contributed by atoms with Gasteiger partial charge in [0.15, 0.2) is 0 Å². The largest absolute Gasteiger partial charge is 0.497 e. The molecule has 40 heavy (non-hydrogen) atoms. The zero-order valence-electron chi connectivity index (χ0n) is 23.6. The molecule has 1 aliphatic heterocycles. The maximum atomic E-state index is 13.9. The minimum Gasteiger partial charge on any atom is -0.497 e. The van der Waals surface area contributed by atoms with Crippen LogP contribution in [0.25, 0.3) is 0 Å². The summed E-state index contributed by atoms with van der Waals surface area (Å²) < 4.78 is 22.1. The van der Waals surface area contributed by atoms with Crippen LogP contribution in [0.2, 0.25) is 0 Å². The summed E-state index contributed by atoms with van der Waals surface area (Å²) in [7, 11) is 3.08. The first-order valence-corrected chi connectivity index (χ1v) is 13.6. The van der Waals surface area contributed by atoms with E-state index in [0.29, 0.717) is 55.7 Å². The lowest BCUT2D eigenvalue weighted by Gasteiger charge is -2.30. The molecule has 9 heteroatoms. The molecule has 3 aromatic rings. The molecule has 2 amide bonds. The number of carbonyl (C=O) groups is 2. The fourth-order valence-corrected chi connectivity index (χ4v) is 4.77. The van der Waals surface area contributed by atoms with Gasteiger partial charge in [0, 0.05) is 38.8 Å². The molecule has 1 aliphatic rings. The van der Waals surface area contributed by atoms with Gasteiger partial charge in [0.1, 0.15) is 29.6 Å². The number of morpholine rings is 1. The van der Waals surface area contributed by atoms with Crippen molar-refractivity contribution in [1.82, 2.24) is 14.7 Å². The van der Waals surface area contributed by atoms with Crippen LogP contribution in [-0.2, 0) is 22.6 Å². The van der Waals surface area contributed by atoms with Crippen molar-refractivity contribution in [1.29, 1.82) is 0 Å². The number of aryl methyl sites for hydroxylation is 1.